The number of carbonyl (C=O) groups is 1. The summed E-state index contributed by atoms with van der Waals surface area (Å²) >= 11 is 0. The minimum Gasteiger partial charge on any atom is -0.378 e. The quantitative estimate of drug-likeness (QED) is 0.537. The molecule has 0 radical (unpaired) electrons. The Labute approximate surface area is 162 Å². The number of nitriles is 1. The number of nitrogens with zero attached hydrogens (tertiary/aromatic N) is 3. The van der Waals surface area contributed by atoms with Gasteiger partial charge < -0.3 is 14.8 Å². The maximum atomic E-state index is 13.0. The Balaban J connectivity index is 1.85. The van der Waals surface area contributed by atoms with Crippen molar-refractivity contribution in [1.82, 2.24) is 4.57 Å². The second-order valence-electron chi connectivity index (χ2n) is 6.34. The van der Waals surface area contributed by atoms with Crippen LogP contribution in [0, 0.1) is 17.1 Å². The lowest BCUT2D eigenvalue weighted by Gasteiger charge is -2.14. The predicted octanol–water partition coefficient (Wildman–Crippen LogP) is 4.23. The Kier molecular flexibility index (Phi) is 5.56. The topological polar surface area (TPSA) is 61.1 Å². The Morgan fingerprint density at radius 2 is 1.79 bits per heavy atom. The van der Waals surface area contributed by atoms with E-state index in [0.717, 1.165) is 11.4 Å². The van der Waals surface area contributed by atoms with E-state index in [-0.39, 0.29) is 5.57 Å². The lowest BCUT2D eigenvalue weighted by molar-refractivity contribution is -0.112. The summed E-state index contributed by atoms with van der Waals surface area (Å²) in [5, 5.41) is 12.0. The van der Waals surface area contributed by atoms with Gasteiger partial charge in [0, 0.05) is 43.0 Å². The van der Waals surface area contributed by atoms with Gasteiger partial charge in [-0.05, 0) is 66.7 Å². The van der Waals surface area contributed by atoms with Crippen molar-refractivity contribution >= 4 is 23.4 Å². The van der Waals surface area contributed by atoms with Gasteiger partial charge in [-0.15, -0.1) is 0 Å². The minimum absolute atomic E-state index is 0.0470. The van der Waals surface area contributed by atoms with Gasteiger partial charge in [0.05, 0.1) is 0 Å². The molecule has 0 bridgehead atoms. The van der Waals surface area contributed by atoms with Crippen molar-refractivity contribution in [2.75, 3.05) is 24.3 Å². The van der Waals surface area contributed by atoms with Crippen LogP contribution in [0.15, 0.2) is 72.4 Å². The zero-order valence-corrected chi connectivity index (χ0v) is 15.6. The highest BCUT2D eigenvalue weighted by Crippen LogP contribution is 2.19. The molecule has 3 aromatic rings. The van der Waals surface area contributed by atoms with Gasteiger partial charge in [0.2, 0.25) is 0 Å². The summed E-state index contributed by atoms with van der Waals surface area (Å²) in [6, 6.07) is 18.9. The fourth-order valence-electron chi connectivity index (χ4n) is 2.69. The number of hydrogen-bond donors (Lipinski definition) is 1. The van der Waals surface area contributed by atoms with Crippen molar-refractivity contribution < 1.29 is 9.18 Å². The molecule has 140 valence electrons. The molecule has 3 rings (SSSR count). The third-order valence-corrected chi connectivity index (χ3v) is 4.18. The number of rotatable bonds is 5. The molecule has 0 saturated carbocycles. The summed E-state index contributed by atoms with van der Waals surface area (Å²) < 4.78 is 14.9. The molecular formula is C22H19FN4O. The summed E-state index contributed by atoms with van der Waals surface area (Å²) in [6.45, 7) is 0. The largest absolute Gasteiger partial charge is 0.378 e. The predicted molar refractivity (Wildman–Crippen MR) is 109 cm³/mol. The molecule has 28 heavy (non-hydrogen) atoms. The lowest BCUT2D eigenvalue weighted by Crippen LogP contribution is -2.13. The second kappa shape index (κ2) is 8.23. The molecule has 1 heterocycles. The maximum absolute atomic E-state index is 13.0. The van der Waals surface area contributed by atoms with Gasteiger partial charge in [-0.2, -0.15) is 5.26 Å². The standard InChI is InChI=1S/C22H19FN4O/c1-26(2)19-9-11-20(12-10-19)27-13-3-4-21(27)14-16(15-24)22(28)25-18-7-5-17(23)6-8-18/h3-14H,1-2H3,(H,25,28)/b16-14+. The van der Waals surface area contributed by atoms with Crippen molar-refractivity contribution in [3.8, 4) is 11.8 Å². The zero-order valence-electron chi connectivity index (χ0n) is 15.6. The highest BCUT2D eigenvalue weighted by Gasteiger charge is 2.11. The van der Waals surface area contributed by atoms with Crippen molar-refractivity contribution in [1.29, 1.82) is 5.26 Å². The molecule has 0 atom stereocenters. The average Bonchev–Trinajstić information content (AvgIpc) is 3.16. The Bertz CT molecular complexity index is 1040. The minimum atomic E-state index is -0.551. The normalized spacial score (nSPS) is 11.0. The van der Waals surface area contributed by atoms with Crippen molar-refractivity contribution in [3.63, 3.8) is 0 Å². The summed E-state index contributed by atoms with van der Waals surface area (Å²) in [5.41, 5.74) is 3.06. The first-order valence-electron chi connectivity index (χ1n) is 8.62. The molecule has 0 aliphatic heterocycles. The van der Waals surface area contributed by atoms with E-state index in [0.29, 0.717) is 11.4 Å². The second-order valence-corrected chi connectivity index (χ2v) is 6.34. The molecule has 0 aliphatic rings. The number of anilines is 2. The number of amides is 1. The first kappa shape index (κ1) is 18.9. The Morgan fingerprint density at radius 3 is 2.39 bits per heavy atom. The highest BCUT2D eigenvalue weighted by molar-refractivity contribution is 6.09. The third kappa shape index (κ3) is 4.27. The van der Waals surface area contributed by atoms with E-state index in [2.05, 4.69) is 5.32 Å². The zero-order chi connectivity index (χ0) is 20.1. The van der Waals surface area contributed by atoms with Crippen LogP contribution in [0.2, 0.25) is 0 Å². The SMILES string of the molecule is CN(C)c1ccc(-n2cccc2/C=C(\C#N)C(=O)Nc2ccc(F)cc2)cc1. The Morgan fingerprint density at radius 1 is 1.11 bits per heavy atom. The molecule has 0 aliphatic carbocycles. The number of halogens is 1. The van der Waals surface area contributed by atoms with Gasteiger partial charge in [0.15, 0.2) is 0 Å². The molecule has 5 nitrogen and oxygen atoms in total. The number of benzene rings is 2. The van der Waals surface area contributed by atoms with Crippen LogP contribution < -0.4 is 10.2 Å². The number of aromatic nitrogens is 1. The van der Waals surface area contributed by atoms with Crippen LogP contribution in [0.4, 0.5) is 15.8 Å². The average molecular weight is 374 g/mol. The molecule has 6 heteroatoms. The number of carbonyl (C=O) groups excluding carboxylic acids is 1. The van der Waals surface area contributed by atoms with Crippen molar-refractivity contribution in [2.45, 2.75) is 0 Å². The Hall–Kier alpha value is -3.85. The van der Waals surface area contributed by atoms with Gasteiger partial charge >= 0.3 is 0 Å². The van der Waals surface area contributed by atoms with Crippen LogP contribution in [-0.2, 0) is 4.79 Å². The lowest BCUT2D eigenvalue weighted by atomic mass is 10.2. The van der Waals surface area contributed by atoms with Gasteiger partial charge in [-0.1, -0.05) is 0 Å². The van der Waals surface area contributed by atoms with Crippen LogP contribution in [0.25, 0.3) is 11.8 Å². The van der Waals surface area contributed by atoms with E-state index in [1.807, 2.05) is 72.2 Å². The van der Waals surface area contributed by atoms with Gasteiger partial charge in [-0.25, -0.2) is 4.39 Å². The first-order valence-corrected chi connectivity index (χ1v) is 8.62. The number of hydrogen-bond acceptors (Lipinski definition) is 3. The third-order valence-electron chi connectivity index (χ3n) is 4.18. The molecule has 2 aromatic carbocycles. The molecule has 0 saturated heterocycles. The van der Waals surface area contributed by atoms with E-state index < -0.39 is 11.7 Å². The van der Waals surface area contributed by atoms with Gasteiger partial charge in [-0.3, -0.25) is 4.79 Å². The van der Waals surface area contributed by atoms with Crippen molar-refractivity contribution in [3.05, 3.63) is 83.9 Å². The molecule has 0 fully saturated rings. The van der Waals surface area contributed by atoms with Crippen LogP contribution in [0.5, 0.6) is 0 Å². The molecule has 1 amide bonds. The van der Waals surface area contributed by atoms with E-state index in [9.17, 15) is 14.4 Å². The van der Waals surface area contributed by atoms with E-state index >= 15 is 0 Å². The smallest absolute Gasteiger partial charge is 0.266 e. The molecule has 0 unspecified atom stereocenters. The van der Waals surface area contributed by atoms with Crippen LogP contribution in [-0.4, -0.2) is 24.6 Å². The van der Waals surface area contributed by atoms with E-state index in [1.165, 1.54) is 30.3 Å². The van der Waals surface area contributed by atoms with E-state index in [4.69, 9.17) is 0 Å². The van der Waals surface area contributed by atoms with E-state index in [1.54, 1.807) is 0 Å². The summed E-state index contributed by atoms with van der Waals surface area (Å²) in [6.07, 6.45) is 3.39. The monoisotopic (exact) mass is 374 g/mol. The van der Waals surface area contributed by atoms with Crippen LogP contribution in [0.1, 0.15) is 5.69 Å². The molecule has 1 aromatic heterocycles. The fraction of sp³-hybridized carbons (Fsp3) is 0.0909. The van der Waals surface area contributed by atoms with Crippen molar-refractivity contribution in [2.24, 2.45) is 0 Å². The van der Waals surface area contributed by atoms with Gasteiger partial charge in [0.25, 0.3) is 5.91 Å². The fourth-order valence-corrected chi connectivity index (χ4v) is 2.69. The maximum Gasteiger partial charge on any atom is 0.266 e. The molecule has 1 N–H and O–H groups in total. The van der Waals surface area contributed by atoms with Gasteiger partial charge in [0.1, 0.15) is 17.5 Å². The molecular weight excluding hydrogens is 355 g/mol. The summed E-state index contributed by atoms with van der Waals surface area (Å²) in [7, 11) is 3.94. The first-order chi connectivity index (χ1) is 13.5. The number of nitrogens with one attached hydrogen (secondary N) is 1. The summed E-state index contributed by atoms with van der Waals surface area (Å²) in [4.78, 5) is 14.4. The summed E-state index contributed by atoms with van der Waals surface area (Å²) in [5.74, 6) is -0.947. The van der Waals surface area contributed by atoms with Crippen LogP contribution >= 0.6 is 0 Å². The van der Waals surface area contributed by atoms with Crippen LogP contribution in [0.3, 0.4) is 0 Å². The highest BCUT2D eigenvalue weighted by atomic mass is 19.1. The molecule has 0 spiro atoms.